The highest BCUT2D eigenvalue weighted by Crippen LogP contribution is 2.27. The summed E-state index contributed by atoms with van der Waals surface area (Å²) in [5, 5.41) is 10.8. The van der Waals surface area contributed by atoms with Crippen LogP contribution in [0.2, 0.25) is 0 Å². The van der Waals surface area contributed by atoms with E-state index >= 15 is 0 Å². The van der Waals surface area contributed by atoms with Crippen LogP contribution in [0.4, 0.5) is 0 Å². The van der Waals surface area contributed by atoms with Gasteiger partial charge in [-0.1, -0.05) is 0 Å². The Morgan fingerprint density at radius 3 is 1.00 bits per heavy atom. The summed E-state index contributed by atoms with van der Waals surface area (Å²) in [5.74, 6) is 1.91. The number of hydrogen-bond donors (Lipinski definition) is 1. The van der Waals surface area contributed by atoms with E-state index in [1.807, 2.05) is 27.7 Å². The van der Waals surface area contributed by atoms with Crippen molar-refractivity contribution in [2.45, 2.75) is 72.0 Å². The zero-order chi connectivity index (χ0) is 32.8. The van der Waals surface area contributed by atoms with Crippen LogP contribution in [0.25, 0.3) is 0 Å². The van der Waals surface area contributed by atoms with Crippen LogP contribution >= 0.6 is 0 Å². The zero-order valence-electron chi connectivity index (χ0n) is 25.8. The monoisotopic (exact) mass is 654 g/mol. The minimum atomic E-state index is -3.74. The molecule has 4 aromatic rings. The summed E-state index contributed by atoms with van der Waals surface area (Å²) in [5.41, 5.74) is -1.41. The molecule has 0 bridgehead atoms. The Bertz CT molecular complexity index is 1630. The van der Waals surface area contributed by atoms with Crippen molar-refractivity contribution in [1.29, 1.82) is 0 Å². The van der Waals surface area contributed by atoms with Gasteiger partial charge in [-0.05, 0) is 132 Å². The minimum absolute atomic E-state index is 0.0227. The molecule has 11 heteroatoms. The molecule has 1 N–H and O–H groups in total. The molecular weight excluding hydrogens is 616 g/mol. The van der Waals surface area contributed by atoms with Gasteiger partial charge in [0.15, 0.2) is 0 Å². The largest absolute Gasteiger partial charge is 0.491 e. The van der Waals surface area contributed by atoms with Gasteiger partial charge < -0.3 is 24.1 Å². The Balaban J connectivity index is 1.31. The maximum atomic E-state index is 13.0. The van der Waals surface area contributed by atoms with Gasteiger partial charge in [-0.15, -0.1) is 0 Å². The lowest BCUT2D eigenvalue weighted by molar-refractivity contribution is -0.0247. The first-order chi connectivity index (χ1) is 21.2. The summed E-state index contributed by atoms with van der Waals surface area (Å²) in [4.78, 5) is 0.489. The SMILES string of the molecule is CC(C)Oc1ccc(S(=O)(=O)c2ccc(OCC(C)(O)COc3ccc(S(=O)(=O)c4ccc(OC(C)C)cc4)cc3)cc2)cc1. The zero-order valence-corrected chi connectivity index (χ0v) is 27.5. The van der Waals surface area contributed by atoms with Gasteiger partial charge in [0.2, 0.25) is 19.7 Å². The number of rotatable bonds is 14. The standard InChI is InChI=1S/C34H38O9S2/c1-24(2)42-28-10-18-32(19-11-28)44(36,37)30-14-6-26(7-15-30)40-22-34(5,35)23-41-27-8-16-31(17-9-27)45(38,39)33-20-12-29(13-21-33)43-25(3)4/h6-21,24-25,35H,22-23H2,1-5H3. The molecule has 0 aliphatic carbocycles. The topological polar surface area (TPSA) is 125 Å². The van der Waals surface area contributed by atoms with Crippen LogP contribution in [-0.2, 0) is 19.7 Å². The highest BCUT2D eigenvalue weighted by molar-refractivity contribution is 7.91. The van der Waals surface area contributed by atoms with Crippen LogP contribution in [0, 0.1) is 0 Å². The van der Waals surface area contributed by atoms with Gasteiger partial charge in [-0.2, -0.15) is 0 Å². The summed E-state index contributed by atoms with van der Waals surface area (Å²) in [7, 11) is -7.48. The van der Waals surface area contributed by atoms with E-state index in [1.165, 1.54) is 79.7 Å². The average Bonchev–Trinajstić information content (AvgIpc) is 2.99. The molecule has 0 heterocycles. The van der Waals surface area contributed by atoms with Gasteiger partial charge in [-0.25, -0.2) is 16.8 Å². The second kappa shape index (κ2) is 13.9. The minimum Gasteiger partial charge on any atom is -0.491 e. The van der Waals surface area contributed by atoms with Gasteiger partial charge in [-0.3, -0.25) is 0 Å². The number of aliphatic hydroxyl groups is 1. The molecule has 0 aliphatic heterocycles. The summed E-state index contributed by atoms with van der Waals surface area (Å²) in [6, 6.07) is 24.3. The average molecular weight is 655 g/mol. The highest BCUT2D eigenvalue weighted by atomic mass is 32.2. The third-order valence-corrected chi connectivity index (χ3v) is 9.95. The van der Waals surface area contributed by atoms with Crippen LogP contribution < -0.4 is 18.9 Å². The van der Waals surface area contributed by atoms with E-state index in [1.54, 1.807) is 24.3 Å². The molecule has 0 fully saturated rings. The summed E-state index contributed by atoms with van der Waals surface area (Å²) < 4.78 is 74.7. The van der Waals surface area contributed by atoms with E-state index < -0.39 is 25.3 Å². The van der Waals surface area contributed by atoms with Crippen LogP contribution in [0.3, 0.4) is 0 Å². The Labute approximate surface area is 265 Å². The lowest BCUT2D eigenvalue weighted by Crippen LogP contribution is -2.38. The summed E-state index contributed by atoms with van der Waals surface area (Å²) in [6.45, 7) is 8.82. The predicted octanol–water partition coefficient (Wildman–Crippen LogP) is 6.14. The van der Waals surface area contributed by atoms with Crippen molar-refractivity contribution in [3.63, 3.8) is 0 Å². The number of hydrogen-bond acceptors (Lipinski definition) is 9. The second-order valence-electron chi connectivity index (χ2n) is 11.3. The molecule has 0 radical (unpaired) electrons. The first-order valence-electron chi connectivity index (χ1n) is 14.4. The van der Waals surface area contributed by atoms with Crippen molar-refractivity contribution in [3.8, 4) is 23.0 Å². The lowest BCUT2D eigenvalue weighted by Gasteiger charge is -2.23. The Kier molecular flexibility index (Phi) is 10.5. The Hall–Kier alpha value is -4.06. The molecule has 0 atom stereocenters. The third-order valence-electron chi connectivity index (χ3n) is 6.38. The smallest absolute Gasteiger partial charge is 0.206 e. The van der Waals surface area contributed by atoms with Crippen molar-refractivity contribution in [3.05, 3.63) is 97.1 Å². The molecular formula is C34H38O9S2. The molecule has 0 aromatic heterocycles. The van der Waals surface area contributed by atoms with Crippen molar-refractivity contribution < 1.29 is 40.9 Å². The molecule has 45 heavy (non-hydrogen) atoms. The van der Waals surface area contributed by atoms with E-state index in [-0.39, 0.29) is 45.0 Å². The fourth-order valence-corrected chi connectivity index (χ4v) is 6.68. The molecule has 0 spiro atoms. The first kappa shape index (κ1) is 33.8. The quantitative estimate of drug-likeness (QED) is 0.171. The van der Waals surface area contributed by atoms with Crippen molar-refractivity contribution in [1.82, 2.24) is 0 Å². The molecule has 0 amide bonds. The summed E-state index contributed by atoms with van der Waals surface area (Å²) in [6.07, 6.45) is -0.0454. The molecule has 0 unspecified atom stereocenters. The van der Waals surface area contributed by atoms with Gasteiger partial charge in [0.05, 0.1) is 31.8 Å². The van der Waals surface area contributed by atoms with E-state index in [0.29, 0.717) is 23.0 Å². The van der Waals surface area contributed by atoms with E-state index in [2.05, 4.69) is 0 Å². The molecule has 4 rings (SSSR count). The molecule has 9 nitrogen and oxygen atoms in total. The van der Waals surface area contributed by atoms with Gasteiger partial charge in [0.1, 0.15) is 41.8 Å². The van der Waals surface area contributed by atoms with Crippen LogP contribution in [-0.4, -0.2) is 53.0 Å². The van der Waals surface area contributed by atoms with Crippen LogP contribution in [0.15, 0.2) is 117 Å². The number of sulfone groups is 2. The van der Waals surface area contributed by atoms with Crippen molar-refractivity contribution in [2.75, 3.05) is 13.2 Å². The fraction of sp³-hybridized carbons (Fsp3) is 0.294. The fourth-order valence-electron chi connectivity index (χ4n) is 4.16. The van der Waals surface area contributed by atoms with Crippen molar-refractivity contribution >= 4 is 19.7 Å². The van der Waals surface area contributed by atoms with E-state index in [4.69, 9.17) is 18.9 Å². The third kappa shape index (κ3) is 9.00. The number of benzene rings is 4. The van der Waals surface area contributed by atoms with Crippen LogP contribution in [0.1, 0.15) is 34.6 Å². The molecule has 0 saturated carbocycles. The van der Waals surface area contributed by atoms with E-state index in [9.17, 15) is 21.9 Å². The normalized spacial score (nSPS) is 12.3. The lowest BCUT2D eigenvalue weighted by atomic mass is 10.1. The maximum Gasteiger partial charge on any atom is 0.206 e. The summed E-state index contributed by atoms with van der Waals surface area (Å²) >= 11 is 0. The van der Waals surface area contributed by atoms with Gasteiger partial charge in [0.25, 0.3) is 0 Å². The van der Waals surface area contributed by atoms with Crippen molar-refractivity contribution in [2.24, 2.45) is 0 Å². The predicted molar refractivity (Wildman–Crippen MR) is 170 cm³/mol. The molecule has 0 saturated heterocycles. The van der Waals surface area contributed by atoms with Gasteiger partial charge >= 0.3 is 0 Å². The van der Waals surface area contributed by atoms with E-state index in [0.717, 1.165) is 0 Å². The second-order valence-corrected chi connectivity index (χ2v) is 15.2. The molecule has 240 valence electrons. The molecule has 0 aliphatic rings. The first-order valence-corrected chi connectivity index (χ1v) is 17.3. The Morgan fingerprint density at radius 2 is 0.756 bits per heavy atom. The maximum absolute atomic E-state index is 13.0. The highest BCUT2D eigenvalue weighted by Gasteiger charge is 2.24. The van der Waals surface area contributed by atoms with Gasteiger partial charge in [0, 0.05) is 0 Å². The van der Waals surface area contributed by atoms with Crippen LogP contribution in [0.5, 0.6) is 23.0 Å². The number of ether oxygens (including phenoxy) is 4. The Morgan fingerprint density at radius 1 is 0.511 bits per heavy atom. The molecule has 4 aromatic carbocycles.